The summed E-state index contributed by atoms with van der Waals surface area (Å²) in [6, 6.07) is 5.77. The minimum atomic E-state index is 0.0675. The Bertz CT molecular complexity index is 464. The Labute approximate surface area is 119 Å². The first-order valence-corrected chi connectivity index (χ1v) is 7.63. The number of hydrogen-bond donors (Lipinski definition) is 1. The maximum absolute atomic E-state index is 6.05. The van der Waals surface area contributed by atoms with Crippen LogP contribution in [0.4, 0.5) is 5.69 Å². The van der Waals surface area contributed by atoms with Crippen molar-refractivity contribution in [1.82, 2.24) is 0 Å². The maximum atomic E-state index is 6.05. The van der Waals surface area contributed by atoms with E-state index in [0.29, 0.717) is 5.02 Å². The van der Waals surface area contributed by atoms with Crippen LogP contribution in [0.5, 0.6) is 0 Å². The molecule has 0 amide bonds. The lowest BCUT2D eigenvalue weighted by Gasteiger charge is -2.15. The van der Waals surface area contributed by atoms with Crippen molar-refractivity contribution in [1.29, 1.82) is 0 Å². The van der Waals surface area contributed by atoms with Gasteiger partial charge in [-0.05, 0) is 41.4 Å². The number of halogens is 2. The van der Waals surface area contributed by atoms with Gasteiger partial charge in [0.15, 0.2) is 5.17 Å². The van der Waals surface area contributed by atoms with Crippen molar-refractivity contribution in [3.8, 4) is 0 Å². The third-order valence-corrected chi connectivity index (χ3v) is 5.48. The standard InChI is InChI=1S/C12H14BrClN2S/c1-3-12(2)7-17-11(16-12)15-9-6-4-5-8(14)10(9)13/h4-6H,3,7H2,1-2H3,(H,15,16). The normalized spacial score (nSPS) is 23.6. The smallest absolute Gasteiger partial charge is 0.161 e. The summed E-state index contributed by atoms with van der Waals surface area (Å²) in [5.41, 5.74) is 1.03. The van der Waals surface area contributed by atoms with Crippen LogP contribution in [0.1, 0.15) is 20.3 Å². The van der Waals surface area contributed by atoms with Crippen LogP contribution in [0, 0.1) is 0 Å². The van der Waals surface area contributed by atoms with Gasteiger partial charge in [0.05, 0.1) is 20.7 Å². The van der Waals surface area contributed by atoms with E-state index in [9.17, 15) is 0 Å². The van der Waals surface area contributed by atoms with E-state index in [-0.39, 0.29) is 5.54 Å². The van der Waals surface area contributed by atoms with Crippen LogP contribution in [0.15, 0.2) is 27.7 Å². The van der Waals surface area contributed by atoms with E-state index in [1.165, 1.54) is 0 Å². The van der Waals surface area contributed by atoms with Crippen molar-refractivity contribution in [3.05, 3.63) is 27.7 Å². The van der Waals surface area contributed by atoms with Crippen LogP contribution in [0.3, 0.4) is 0 Å². The van der Waals surface area contributed by atoms with Crippen molar-refractivity contribution < 1.29 is 0 Å². The first kappa shape index (κ1) is 13.2. The van der Waals surface area contributed by atoms with Gasteiger partial charge in [-0.3, -0.25) is 4.99 Å². The summed E-state index contributed by atoms with van der Waals surface area (Å²) in [5.74, 6) is 1.03. The van der Waals surface area contributed by atoms with E-state index in [0.717, 1.165) is 27.5 Å². The van der Waals surface area contributed by atoms with Gasteiger partial charge in [-0.2, -0.15) is 0 Å². The van der Waals surface area contributed by atoms with Gasteiger partial charge in [-0.15, -0.1) is 0 Å². The molecular weight excluding hydrogens is 320 g/mol. The highest BCUT2D eigenvalue weighted by atomic mass is 79.9. The second-order valence-electron chi connectivity index (χ2n) is 4.28. The molecule has 0 fully saturated rings. The molecule has 1 aromatic carbocycles. The summed E-state index contributed by atoms with van der Waals surface area (Å²) in [4.78, 5) is 4.71. The lowest BCUT2D eigenvalue weighted by Crippen LogP contribution is -2.20. The van der Waals surface area contributed by atoms with Gasteiger partial charge in [-0.25, -0.2) is 0 Å². The molecule has 1 heterocycles. The zero-order valence-corrected chi connectivity index (χ0v) is 12.9. The second-order valence-corrected chi connectivity index (χ2v) is 6.45. The third kappa shape index (κ3) is 2.98. The van der Waals surface area contributed by atoms with Gasteiger partial charge in [0.2, 0.25) is 0 Å². The summed E-state index contributed by atoms with van der Waals surface area (Å²) in [6.45, 7) is 4.35. The number of benzene rings is 1. The molecule has 1 atom stereocenters. The van der Waals surface area contributed by atoms with E-state index in [2.05, 4.69) is 35.1 Å². The maximum Gasteiger partial charge on any atom is 0.161 e. The van der Waals surface area contributed by atoms with Crippen LogP contribution in [0.2, 0.25) is 5.02 Å². The summed E-state index contributed by atoms with van der Waals surface area (Å²) in [6.07, 6.45) is 1.06. The molecule has 0 aliphatic carbocycles. The predicted octanol–water partition coefficient (Wildman–Crippen LogP) is 4.79. The lowest BCUT2D eigenvalue weighted by atomic mass is 10.0. The molecule has 92 valence electrons. The number of nitrogens with one attached hydrogen (secondary N) is 1. The SMILES string of the molecule is CCC1(C)CSC(Nc2cccc(Cl)c2Br)=N1. The number of aliphatic imine (C=N–C) groups is 1. The van der Waals surface area contributed by atoms with Crippen LogP contribution in [-0.4, -0.2) is 16.5 Å². The van der Waals surface area contributed by atoms with E-state index in [1.54, 1.807) is 11.8 Å². The first-order chi connectivity index (χ1) is 8.04. The Morgan fingerprint density at radius 1 is 1.59 bits per heavy atom. The minimum Gasteiger partial charge on any atom is -0.334 e. The average molecular weight is 334 g/mol. The molecule has 1 N–H and O–H groups in total. The molecule has 1 aliphatic rings. The molecule has 0 radical (unpaired) electrons. The molecule has 2 rings (SSSR count). The number of nitrogens with zero attached hydrogens (tertiary/aromatic N) is 1. The molecule has 0 bridgehead atoms. The summed E-state index contributed by atoms with van der Waals surface area (Å²) < 4.78 is 0.884. The molecule has 0 spiro atoms. The highest BCUT2D eigenvalue weighted by molar-refractivity contribution is 9.10. The molecule has 0 aromatic heterocycles. The topological polar surface area (TPSA) is 24.4 Å². The fraction of sp³-hybridized carbons (Fsp3) is 0.417. The Morgan fingerprint density at radius 2 is 2.35 bits per heavy atom. The van der Waals surface area contributed by atoms with Crippen molar-refractivity contribution in [2.24, 2.45) is 4.99 Å². The van der Waals surface area contributed by atoms with Crippen molar-refractivity contribution in [2.45, 2.75) is 25.8 Å². The summed E-state index contributed by atoms with van der Waals surface area (Å²) >= 11 is 11.3. The number of rotatable bonds is 2. The molecule has 1 aliphatic heterocycles. The van der Waals surface area contributed by atoms with Crippen molar-refractivity contribution in [3.63, 3.8) is 0 Å². The van der Waals surface area contributed by atoms with Crippen LogP contribution < -0.4 is 5.32 Å². The fourth-order valence-corrected chi connectivity index (χ4v) is 3.22. The van der Waals surface area contributed by atoms with Crippen molar-refractivity contribution >= 4 is 50.1 Å². The highest BCUT2D eigenvalue weighted by Gasteiger charge is 2.28. The van der Waals surface area contributed by atoms with Gasteiger partial charge < -0.3 is 5.32 Å². The van der Waals surface area contributed by atoms with Gasteiger partial charge in [-0.1, -0.05) is 36.4 Å². The molecular formula is C12H14BrClN2S. The zero-order valence-electron chi connectivity index (χ0n) is 9.76. The monoisotopic (exact) mass is 332 g/mol. The molecule has 17 heavy (non-hydrogen) atoms. The third-order valence-electron chi connectivity index (χ3n) is 2.85. The Kier molecular flexibility index (Phi) is 4.06. The van der Waals surface area contributed by atoms with Crippen LogP contribution in [-0.2, 0) is 0 Å². The van der Waals surface area contributed by atoms with Crippen LogP contribution in [0.25, 0.3) is 0 Å². The Balaban J connectivity index is 2.18. The largest absolute Gasteiger partial charge is 0.334 e. The number of thioether (sulfide) groups is 1. The number of amidine groups is 1. The van der Waals surface area contributed by atoms with Gasteiger partial charge in [0.1, 0.15) is 0 Å². The average Bonchev–Trinajstić information content (AvgIpc) is 2.68. The van der Waals surface area contributed by atoms with Gasteiger partial charge >= 0.3 is 0 Å². The Hall–Kier alpha value is -0.190. The minimum absolute atomic E-state index is 0.0675. The fourth-order valence-electron chi connectivity index (χ4n) is 1.49. The predicted molar refractivity (Wildman–Crippen MR) is 81.4 cm³/mol. The Morgan fingerprint density at radius 3 is 3.00 bits per heavy atom. The summed E-state index contributed by atoms with van der Waals surface area (Å²) in [7, 11) is 0. The van der Waals surface area contributed by atoms with Gasteiger partial charge in [0, 0.05) is 5.75 Å². The summed E-state index contributed by atoms with van der Waals surface area (Å²) in [5, 5.41) is 5.00. The van der Waals surface area contributed by atoms with E-state index < -0.39 is 0 Å². The molecule has 0 saturated carbocycles. The first-order valence-electron chi connectivity index (χ1n) is 5.48. The molecule has 1 aromatic rings. The lowest BCUT2D eigenvalue weighted by molar-refractivity contribution is 0.523. The molecule has 1 unspecified atom stereocenters. The van der Waals surface area contributed by atoms with E-state index in [4.69, 9.17) is 16.6 Å². The quantitative estimate of drug-likeness (QED) is 0.842. The number of anilines is 1. The van der Waals surface area contributed by atoms with E-state index in [1.807, 2.05) is 18.2 Å². The second kappa shape index (κ2) is 5.21. The number of hydrogen-bond acceptors (Lipinski definition) is 3. The highest BCUT2D eigenvalue weighted by Crippen LogP contribution is 2.34. The van der Waals surface area contributed by atoms with Crippen molar-refractivity contribution in [2.75, 3.05) is 11.1 Å². The zero-order chi connectivity index (χ0) is 12.5. The van der Waals surface area contributed by atoms with Crippen LogP contribution >= 0.6 is 39.3 Å². The van der Waals surface area contributed by atoms with Gasteiger partial charge in [0.25, 0.3) is 0 Å². The molecule has 5 heteroatoms. The molecule has 2 nitrogen and oxygen atoms in total. The van der Waals surface area contributed by atoms with E-state index >= 15 is 0 Å². The molecule has 0 saturated heterocycles.